The van der Waals surface area contributed by atoms with E-state index in [1.54, 1.807) is 18.2 Å². The van der Waals surface area contributed by atoms with Crippen molar-refractivity contribution in [2.75, 3.05) is 6.54 Å². The van der Waals surface area contributed by atoms with E-state index in [0.717, 1.165) is 24.3 Å². The number of carbonyl (C=O) groups excluding carboxylic acids is 3. The normalized spacial score (nSPS) is 30.0. The van der Waals surface area contributed by atoms with Crippen LogP contribution < -0.4 is 15.4 Å². The standard InChI is InChI=1S/C19H23N3O5/c1-2-20-10-7-12(8-10)27-11-3-4-13-14(9-11)19(26)22(18(13)25)15-5-6-16(23)21-17(15)24/h3-4,9-10,12,15-16,20,23H,2,5-8H2,1H3,(H,21,24). The number of piperidine rings is 1. The predicted octanol–water partition coefficient (Wildman–Crippen LogP) is 0.399. The molecule has 3 amide bonds. The van der Waals surface area contributed by atoms with Crippen LogP contribution in [0.25, 0.3) is 0 Å². The fourth-order valence-electron chi connectivity index (χ4n) is 3.93. The van der Waals surface area contributed by atoms with Crippen LogP contribution in [0.1, 0.15) is 53.3 Å². The molecule has 1 aromatic carbocycles. The highest BCUT2D eigenvalue weighted by Crippen LogP contribution is 2.32. The summed E-state index contributed by atoms with van der Waals surface area (Å²) in [6.45, 7) is 2.99. The summed E-state index contributed by atoms with van der Waals surface area (Å²) in [6, 6.07) is 4.44. The molecule has 1 saturated carbocycles. The number of ether oxygens (including phenoxy) is 1. The second-order valence-electron chi connectivity index (χ2n) is 7.27. The number of aliphatic hydroxyl groups excluding tert-OH is 1. The summed E-state index contributed by atoms with van der Waals surface area (Å²) in [4.78, 5) is 38.6. The van der Waals surface area contributed by atoms with Crippen molar-refractivity contribution in [2.45, 2.75) is 57.0 Å². The van der Waals surface area contributed by atoms with Gasteiger partial charge in [0, 0.05) is 6.04 Å². The summed E-state index contributed by atoms with van der Waals surface area (Å²) >= 11 is 0. The SMILES string of the molecule is CCNC1CC(Oc2ccc3c(c2)C(=O)N(C2CCC(O)NC2=O)C3=O)C1. The zero-order valence-corrected chi connectivity index (χ0v) is 15.1. The van der Waals surface area contributed by atoms with Crippen molar-refractivity contribution in [1.82, 2.24) is 15.5 Å². The topological polar surface area (TPSA) is 108 Å². The van der Waals surface area contributed by atoms with Gasteiger partial charge in [0.1, 0.15) is 24.1 Å². The Morgan fingerprint density at radius 2 is 1.93 bits per heavy atom. The van der Waals surface area contributed by atoms with Crippen LogP contribution in [0.3, 0.4) is 0 Å². The fraction of sp³-hybridized carbons (Fsp3) is 0.526. The van der Waals surface area contributed by atoms with Crippen LogP contribution in [0, 0.1) is 0 Å². The van der Waals surface area contributed by atoms with Gasteiger partial charge in [-0.3, -0.25) is 19.3 Å². The summed E-state index contributed by atoms with van der Waals surface area (Å²) in [7, 11) is 0. The van der Waals surface area contributed by atoms with Crippen LogP contribution in [-0.4, -0.2) is 58.7 Å². The first-order valence-corrected chi connectivity index (χ1v) is 9.38. The third kappa shape index (κ3) is 3.19. The first kappa shape index (κ1) is 17.9. The van der Waals surface area contributed by atoms with E-state index in [-0.39, 0.29) is 23.7 Å². The molecule has 3 aliphatic rings. The van der Waals surface area contributed by atoms with Gasteiger partial charge in [-0.25, -0.2) is 0 Å². The molecule has 0 spiro atoms. The van der Waals surface area contributed by atoms with Crippen LogP contribution in [0.2, 0.25) is 0 Å². The molecule has 2 heterocycles. The molecule has 1 aromatic rings. The third-order valence-corrected chi connectivity index (χ3v) is 5.42. The van der Waals surface area contributed by atoms with Crippen LogP contribution >= 0.6 is 0 Å². The van der Waals surface area contributed by atoms with Gasteiger partial charge in [-0.15, -0.1) is 0 Å². The highest BCUT2D eigenvalue weighted by molar-refractivity contribution is 6.23. The lowest BCUT2D eigenvalue weighted by Gasteiger charge is -2.35. The molecule has 144 valence electrons. The number of fused-ring (bicyclic) bond motifs is 1. The van der Waals surface area contributed by atoms with Gasteiger partial charge < -0.3 is 20.5 Å². The summed E-state index contributed by atoms with van der Waals surface area (Å²) in [5, 5.41) is 15.2. The van der Waals surface area contributed by atoms with Gasteiger partial charge in [0.15, 0.2) is 0 Å². The number of nitrogens with one attached hydrogen (secondary N) is 2. The quantitative estimate of drug-likeness (QED) is 0.645. The molecule has 2 fully saturated rings. The molecule has 0 aromatic heterocycles. The van der Waals surface area contributed by atoms with E-state index in [9.17, 15) is 19.5 Å². The van der Waals surface area contributed by atoms with E-state index in [0.29, 0.717) is 18.2 Å². The number of hydrogen-bond donors (Lipinski definition) is 3. The second kappa shape index (κ2) is 6.94. The van der Waals surface area contributed by atoms with E-state index in [1.807, 2.05) is 0 Å². The van der Waals surface area contributed by atoms with E-state index < -0.39 is 30.0 Å². The van der Waals surface area contributed by atoms with Crippen molar-refractivity contribution in [3.05, 3.63) is 29.3 Å². The Balaban J connectivity index is 1.48. The molecule has 8 nitrogen and oxygen atoms in total. The summed E-state index contributed by atoms with van der Waals surface area (Å²) in [5.41, 5.74) is 0.546. The number of carbonyl (C=O) groups is 3. The van der Waals surface area contributed by atoms with Crippen molar-refractivity contribution >= 4 is 17.7 Å². The average Bonchev–Trinajstić information content (AvgIpc) is 2.84. The molecule has 2 atom stereocenters. The van der Waals surface area contributed by atoms with E-state index >= 15 is 0 Å². The van der Waals surface area contributed by atoms with Crippen LogP contribution in [0.5, 0.6) is 5.75 Å². The van der Waals surface area contributed by atoms with Crippen molar-refractivity contribution in [3.63, 3.8) is 0 Å². The van der Waals surface area contributed by atoms with Crippen molar-refractivity contribution in [1.29, 1.82) is 0 Å². The Bertz CT molecular complexity index is 790. The van der Waals surface area contributed by atoms with Gasteiger partial charge in [0.2, 0.25) is 5.91 Å². The monoisotopic (exact) mass is 373 g/mol. The van der Waals surface area contributed by atoms with Gasteiger partial charge in [-0.05, 0) is 50.4 Å². The van der Waals surface area contributed by atoms with E-state index in [2.05, 4.69) is 17.6 Å². The first-order chi connectivity index (χ1) is 13.0. The number of hydrogen-bond acceptors (Lipinski definition) is 6. The molecule has 2 aliphatic heterocycles. The summed E-state index contributed by atoms with van der Waals surface area (Å²) in [5.74, 6) is -0.922. The Labute approximate surface area is 156 Å². The maximum atomic E-state index is 12.8. The van der Waals surface area contributed by atoms with Gasteiger partial charge in [0.25, 0.3) is 11.8 Å². The number of imide groups is 1. The maximum Gasteiger partial charge on any atom is 0.262 e. The molecule has 8 heteroatoms. The summed E-state index contributed by atoms with van der Waals surface area (Å²) < 4.78 is 5.92. The number of aliphatic hydroxyl groups is 1. The Morgan fingerprint density at radius 3 is 2.63 bits per heavy atom. The van der Waals surface area contributed by atoms with Crippen LogP contribution in [0.4, 0.5) is 0 Å². The Morgan fingerprint density at radius 1 is 1.19 bits per heavy atom. The van der Waals surface area contributed by atoms with Gasteiger partial charge in [-0.2, -0.15) is 0 Å². The highest BCUT2D eigenvalue weighted by atomic mass is 16.5. The van der Waals surface area contributed by atoms with E-state index in [4.69, 9.17) is 4.74 Å². The molecule has 4 rings (SSSR count). The largest absolute Gasteiger partial charge is 0.490 e. The molecule has 0 radical (unpaired) electrons. The minimum absolute atomic E-state index is 0.0982. The third-order valence-electron chi connectivity index (χ3n) is 5.42. The molecular weight excluding hydrogens is 350 g/mol. The second-order valence-corrected chi connectivity index (χ2v) is 7.27. The number of nitrogens with zero attached hydrogens (tertiary/aromatic N) is 1. The number of benzene rings is 1. The zero-order valence-electron chi connectivity index (χ0n) is 15.1. The Kier molecular flexibility index (Phi) is 4.61. The molecule has 3 N–H and O–H groups in total. The van der Waals surface area contributed by atoms with Crippen molar-refractivity contribution in [2.24, 2.45) is 0 Å². The average molecular weight is 373 g/mol. The van der Waals surface area contributed by atoms with Gasteiger partial charge in [0.05, 0.1) is 11.1 Å². The maximum absolute atomic E-state index is 12.8. The Hall–Kier alpha value is -2.45. The van der Waals surface area contributed by atoms with Gasteiger partial charge in [-0.1, -0.05) is 6.92 Å². The molecule has 0 bridgehead atoms. The van der Waals surface area contributed by atoms with E-state index in [1.165, 1.54) is 0 Å². The number of rotatable bonds is 5. The fourth-order valence-corrected chi connectivity index (χ4v) is 3.93. The molecule has 1 saturated heterocycles. The zero-order chi connectivity index (χ0) is 19.1. The molecular formula is C19H23N3O5. The summed E-state index contributed by atoms with van der Waals surface area (Å²) in [6.07, 6.45) is 1.53. The molecule has 1 aliphatic carbocycles. The predicted molar refractivity (Wildman–Crippen MR) is 95.2 cm³/mol. The number of amides is 3. The van der Waals surface area contributed by atoms with Crippen LogP contribution in [0.15, 0.2) is 18.2 Å². The van der Waals surface area contributed by atoms with Gasteiger partial charge >= 0.3 is 0 Å². The minimum Gasteiger partial charge on any atom is -0.490 e. The minimum atomic E-state index is -0.933. The molecule has 2 unspecified atom stereocenters. The van der Waals surface area contributed by atoms with Crippen LogP contribution in [-0.2, 0) is 4.79 Å². The molecule has 27 heavy (non-hydrogen) atoms. The smallest absolute Gasteiger partial charge is 0.262 e. The van der Waals surface area contributed by atoms with Crippen molar-refractivity contribution < 1.29 is 24.2 Å². The first-order valence-electron chi connectivity index (χ1n) is 9.38. The lowest BCUT2D eigenvalue weighted by molar-refractivity contribution is -0.131. The lowest BCUT2D eigenvalue weighted by Crippen LogP contribution is -2.55. The van der Waals surface area contributed by atoms with Crippen molar-refractivity contribution in [3.8, 4) is 5.75 Å². The highest BCUT2D eigenvalue weighted by Gasteiger charge is 2.44. The lowest BCUT2D eigenvalue weighted by atomic mass is 9.89.